The van der Waals surface area contributed by atoms with Crippen LogP contribution in [0.25, 0.3) is 0 Å². The number of methoxy groups -OCH3 is 1. The van der Waals surface area contributed by atoms with E-state index in [1.54, 1.807) is 19.8 Å². The lowest BCUT2D eigenvalue weighted by atomic mass is 10.3. The third-order valence-corrected chi connectivity index (χ3v) is 3.70. The molecule has 8 nitrogen and oxygen atoms in total. The summed E-state index contributed by atoms with van der Waals surface area (Å²) in [5.41, 5.74) is 0. The topological polar surface area (TPSA) is 72.2 Å². The maximum atomic E-state index is 5.14. The van der Waals surface area contributed by atoms with Gasteiger partial charge in [-0.2, -0.15) is 5.10 Å². The molecule has 0 saturated carbocycles. The molecule has 0 aromatic carbocycles. The van der Waals surface area contributed by atoms with Crippen LogP contribution in [-0.4, -0.2) is 62.9 Å². The molecule has 0 atom stereocenters. The van der Waals surface area contributed by atoms with Crippen molar-refractivity contribution in [3.63, 3.8) is 0 Å². The van der Waals surface area contributed by atoms with Crippen LogP contribution in [0.4, 0.5) is 5.82 Å². The zero-order valence-electron chi connectivity index (χ0n) is 12.3. The van der Waals surface area contributed by atoms with Gasteiger partial charge in [0.15, 0.2) is 0 Å². The molecular formula is C13H19N7O. The van der Waals surface area contributed by atoms with E-state index in [0.29, 0.717) is 5.88 Å². The van der Waals surface area contributed by atoms with E-state index in [9.17, 15) is 0 Å². The Morgan fingerprint density at radius 1 is 1.10 bits per heavy atom. The molecule has 0 aliphatic carbocycles. The third-order valence-electron chi connectivity index (χ3n) is 3.70. The molecule has 0 unspecified atom stereocenters. The summed E-state index contributed by atoms with van der Waals surface area (Å²) in [5, 5.41) is 4.10. The lowest BCUT2D eigenvalue weighted by molar-refractivity contribution is 0.240. The maximum absolute atomic E-state index is 5.14. The highest BCUT2D eigenvalue weighted by atomic mass is 16.5. The Morgan fingerprint density at radius 2 is 1.90 bits per heavy atom. The molecule has 0 radical (unpaired) electrons. The van der Waals surface area contributed by atoms with Crippen molar-refractivity contribution < 1.29 is 4.74 Å². The van der Waals surface area contributed by atoms with Crippen molar-refractivity contribution in [2.24, 2.45) is 7.05 Å². The molecule has 1 saturated heterocycles. The van der Waals surface area contributed by atoms with E-state index in [4.69, 9.17) is 4.74 Å². The van der Waals surface area contributed by atoms with Gasteiger partial charge in [-0.3, -0.25) is 9.58 Å². The van der Waals surface area contributed by atoms with Gasteiger partial charge in [0.2, 0.25) is 5.88 Å². The first-order valence-corrected chi connectivity index (χ1v) is 6.92. The molecule has 0 amide bonds. The molecule has 2 aromatic rings. The summed E-state index contributed by atoms with van der Waals surface area (Å²) in [6.45, 7) is 4.63. The highest BCUT2D eigenvalue weighted by molar-refractivity contribution is 5.41. The SMILES string of the molecule is COc1cc(N2CCN(Cc3ncnn3C)CC2)ncn1. The number of piperazine rings is 1. The zero-order chi connectivity index (χ0) is 14.7. The molecule has 1 aliphatic rings. The van der Waals surface area contributed by atoms with Crippen molar-refractivity contribution in [2.75, 3.05) is 38.2 Å². The fourth-order valence-electron chi connectivity index (χ4n) is 2.41. The smallest absolute Gasteiger partial charge is 0.218 e. The average Bonchev–Trinajstić information content (AvgIpc) is 2.93. The first-order chi connectivity index (χ1) is 10.3. The quantitative estimate of drug-likeness (QED) is 0.780. The number of hydrogen-bond acceptors (Lipinski definition) is 7. The normalized spacial score (nSPS) is 16.2. The van der Waals surface area contributed by atoms with Gasteiger partial charge in [-0.1, -0.05) is 0 Å². The summed E-state index contributed by atoms with van der Waals surface area (Å²) in [4.78, 5) is 17.2. The number of nitrogens with zero attached hydrogens (tertiary/aromatic N) is 7. The fourth-order valence-corrected chi connectivity index (χ4v) is 2.41. The highest BCUT2D eigenvalue weighted by Gasteiger charge is 2.19. The Balaban J connectivity index is 1.58. The summed E-state index contributed by atoms with van der Waals surface area (Å²) in [5.74, 6) is 2.51. The van der Waals surface area contributed by atoms with Crippen molar-refractivity contribution in [3.8, 4) is 5.88 Å². The summed E-state index contributed by atoms with van der Waals surface area (Å²) in [7, 11) is 3.54. The summed E-state index contributed by atoms with van der Waals surface area (Å²) in [6, 6.07) is 1.87. The predicted octanol–water partition coefficient (Wildman–Crippen LogP) is -0.0641. The van der Waals surface area contributed by atoms with E-state index in [1.165, 1.54) is 0 Å². The molecule has 0 N–H and O–H groups in total. The molecule has 21 heavy (non-hydrogen) atoms. The number of aromatic nitrogens is 5. The van der Waals surface area contributed by atoms with Gasteiger partial charge in [-0.15, -0.1) is 0 Å². The van der Waals surface area contributed by atoms with E-state index >= 15 is 0 Å². The Labute approximate surface area is 123 Å². The van der Waals surface area contributed by atoms with Gasteiger partial charge in [-0.25, -0.2) is 15.0 Å². The number of hydrogen-bond donors (Lipinski definition) is 0. The van der Waals surface area contributed by atoms with Crippen LogP contribution >= 0.6 is 0 Å². The molecular weight excluding hydrogens is 270 g/mol. The van der Waals surface area contributed by atoms with Crippen LogP contribution in [0, 0.1) is 0 Å². The molecule has 3 heterocycles. The second-order valence-electron chi connectivity index (χ2n) is 4.98. The number of anilines is 1. The van der Waals surface area contributed by atoms with Crippen LogP contribution in [-0.2, 0) is 13.6 Å². The van der Waals surface area contributed by atoms with Gasteiger partial charge < -0.3 is 9.64 Å². The largest absolute Gasteiger partial charge is 0.481 e. The second kappa shape index (κ2) is 6.04. The van der Waals surface area contributed by atoms with E-state index in [0.717, 1.165) is 44.4 Å². The minimum atomic E-state index is 0.599. The molecule has 112 valence electrons. The summed E-state index contributed by atoms with van der Waals surface area (Å²) < 4.78 is 6.97. The maximum Gasteiger partial charge on any atom is 0.218 e. The van der Waals surface area contributed by atoms with Crippen molar-refractivity contribution >= 4 is 5.82 Å². The van der Waals surface area contributed by atoms with Crippen LogP contribution < -0.4 is 9.64 Å². The standard InChI is InChI=1S/C13H19N7O/c1-18-12(15-10-17-18)8-19-3-5-20(6-4-19)11-7-13(21-2)16-9-14-11/h7,9-10H,3-6,8H2,1-2H3. The Hall–Kier alpha value is -2.22. The molecule has 8 heteroatoms. The van der Waals surface area contributed by atoms with E-state index in [-0.39, 0.29) is 0 Å². The van der Waals surface area contributed by atoms with Crippen LogP contribution in [0.2, 0.25) is 0 Å². The molecule has 0 spiro atoms. The first kappa shape index (κ1) is 13.7. The average molecular weight is 289 g/mol. The van der Waals surface area contributed by atoms with Crippen molar-refractivity contribution in [1.82, 2.24) is 29.6 Å². The molecule has 0 bridgehead atoms. The molecule has 1 aliphatic heterocycles. The van der Waals surface area contributed by atoms with Gasteiger partial charge in [0.1, 0.15) is 24.3 Å². The van der Waals surface area contributed by atoms with Gasteiger partial charge in [0.25, 0.3) is 0 Å². The highest BCUT2D eigenvalue weighted by Crippen LogP contribution is 2.17. The van der Waals surface area contributed by atoms with Crippen molar-refractivity contribution in [2.45, 2.75) is 6.54 Å². The number of rotatable bonds is 4. The zero-order valence-corrected chi connectivity index (χ0v) is 12.3. The van der Waals surface area contributed by atoms with E-state index in [1.807, 2.05) is 17.8 Å². The summed E-state index contributed by atoms with van der Waals surface area (Å²) in [6.07, 6.45) is 3.14. The monoisotopic (exact) mass is 289 g/mol. The van der Waals surface area contributed by atoms with Crippen molar-refractivity contribution in [3.05, 3.63) is 24.5 Å². The van der Waals surface area contributed by atoms with E-state index < -0.39 is 0 Å². The molecule has 2 aromatic heterocycles. The van der Waals surface area contributed by atoms with E-state index in [2.05, 4.69) is 29.9 Å². The summed E-state index contributed by atoms with van der Waals surface area (Å²) >= 11 is 0. The lowest BCUT2D eigenvalue weighted by Gasteiger charge is -2.35. The van der Waals surface area contributed by atoms with Gasteiger partial charge in [0, 0.05) is 39.3 Å². The van der Waals surface area contributed by atoms with Crippen molar-refractivity contribution in [1.29, 1.82) is 0 Å². The second-order valence-corrected chi connectivity index (χ2v) is 4.98. The minimum Gasteiger partial charge on any atom is -0.481 e. The van der Waals surface area contributed by atoms with Crippen LogP contribution in [0.1, 0.15) is 5.82 Å². The third kappa shape index (κ3) is 3.10. The Morgan fingerprint density at radius 3 is 2.57 bits per heavy atom. The van der Waals surface area contributed by atoms with Gasteiger partial charge in [0.05, 0.1) is 13.7 Å². The molecule has 1 fully saturated rings. The van der Waals surface area contributed by atoms with Gasteiger partial charge >= 0.3 is 0 Å². The van der Waals surface area contributed by atoms with Crippen LogP contribution in [0.5, 0.6) is 5.88 Å². The molecule has 3 rings (SSSR count). The van der Waals surface area contributed by atoms with Crippen LogP contribution in [0.15, 0.2) is 18.7 Å². The van der Waals surface area contributed by atoms with Crippen LogP contribution in [0.3, 0.4) is 0 Å². The van der Waals surface area contributed by atoms with Gasteiger partial charge in [-0.05, 0) is 0 Å². The first-order valence-electron chi connectivity index (χ1n) is 6.92. The Kier molecular flexibility index (Phi) is 3.96. The minimum absolute atomic E-state index is 0.599. The predicted molar refractivity (Wildman–Crippen MR) is 77.1 cm³/mol. The number of ether oxygens (including phenoxy) is 1. The lowest BCUT2D eigenvalue weighted by Crippen LogP contribution is -2.46. The Bertz CT molecular complexity index is 592. The fraction of sp³-hybridized carbons (Fsp3) is 0.538. The number of aryl methyl sites for hydroxylation is 1.